The van der Waals surface area contributed by atoms with E-state index in [9.17, 15) is 4.39 Å². The molecule has 0 aromatic carbocycles. The summed E-state index contributed by atoms with van der Waals surface area (Å²) in [5.74, 6) is 0. The van der Waals surface area contributed by atoms with E-state index in [1.165, 1.54) is 0 Å². The van der Waals surface area contributed by atoms with Crippen LogP contribution in [0.3, 0.4) is 0 Å². The van der Waals surface area contributed by atoms with Gasteiger partial charge in [-0.3, -0.25) is 0 Å². The van der Waals surface area contributed by atoms with Gasteiger partial charge in [-0.2, -0.15) is 0 Å². The van der Waals surface area contributed by atoms with Crippen molar-refractivity contribution < 1.29 is 4.39 Å². The Morgan fingerprint density at radius 2 is 1.93 bits per heavy atom. The van der Waals surface area contributed by atoms with E-state index in [4.69, 9.17) is 0 Å². The number of nitrogens with zero attached hydrogens (tertiary/aromatic N) is 1. The largest absolute Gasteiger partial charge is 0.313 e. The predicted molar refractivity (Wildman–Crippen MR) is 58.3 cm³/mol. The third-order valence-electron chi connectivity index (χ3n) is 2.88. The molecule has 2 nitrogen and oxygen atoms in total. The van der Waals surface area contributed by atoms with Gasteiger partial charge in [0.15, 0.2) is 0 Å². The van der Waals surface area contributed by atoms with Gasteiger partial charge in [0.25, 0.3) is 0 Å². The highest BCUT2D eigenvalue weighted by molar-refractivity contribution is 4.82. The first-order valence-electron chi connectivity index (χ1n) is 5.64. The second kappa shape index (κ2) is 5.08. The van der Waals surface area contributed by atoms with Crippen LogP contribution in [0.5, 0.6) is 0 Å². The number of halogens is 1. The van der Waals surface area contributed by atoms with Gasteiger partial charge in [0.2, 0.25) is 0 Å². The fraction of sp³-hybridized carbons (Fsp3) is 1.00. The Kier molecular flexibility index (Phi) is 4.32. The molecule has 1 saturated heterocycles. The van der Waals surface area contributed by atoms with E-state index in [2.05, 4.69) is 24.1 Å². The molecule has 1 aliphatic rings. The van der Waals surface area contributed by atoms with E-state index < -0.39 is 5.67 Å². The molecule has 84 valence electrons. The van der Waals surface area contributed by atoms with Gasteiger partial charge in [0.05, 0.1) is 0 Å². The summed E-state index contributed by atoms with van der Waals surface area (Å²) < 4.78 is 13.5. The highest BCUT2D eigenvalue weighted by atomic mass is 19.1. The average Bonchev–Trinajstić information content (AvgIpc) is 2.07. The van der Waals surface area contributed by atoms with Crippen LogP contribution in [0.2, 0.25) is 0 Å². The molecule has 0 aromatic rings. The Morgan fingerprint density at radius 3 is 2.43 bits per heavy atom. The molecule has 0 unspecified atom stereocenters. The molecule has 1 N–H and O–H groups in total. The minimum atomic E-state index is -0.915. The van der Waals surface area contributed by atoms with Crippen LogP contribution < -0.4 is 5.32 Å². The van der Waals surface area contributed by atoms with Gasteiger partial charge in [-0.25, -0.2) is 4.39 Å². The van der Waals surface area contributed by atoms with E-state index in [0.29, 0.717) is 18.9 Å². The van der Waals surface area contributed by atoms with Crippen molar-refractivity contribution in [3.8, 4) is 0 Å². The Morgan fingerprint density at radius 1 is 1.36 bits per heavy atom. The molecule has 1 heterocycles. The number of rotatable bonds is 4. The summed E-state index contributed by atoms with van der Waals surface area (Å²) >= 11 is 0. The second-order valence-electron chi connectivity index (χ2n) is 4.86. The summed E-state index contributed by atoms with van der Waals surface area (Å²) in [6.45, 7) is 9.90. The molecule has 0 bridgehead atoms. The molecule has 0 atom stereocenters. The zero-order chi connectivity index (χ0) is 10.6. The number of nitrogens with one attached hydrogen (secondary N) is 1. The molecular weight excluding hydrogens is 179 g/mol. The maximum absolute atomic E-state index is 13.5. The lowest BCUT2D eigenvalue weighted by molar-refractivity contribution is 0.0744. The highest BCUT2D eigenvalue weighted by Gasteiger charge is 2.28. The van der Waals surface area contributed by atoms with Crippen LogP contribution >= 0.6 is 0 Å². The summed E-state index contributed by atoms with van der Waals surface area (Å²) in [6.07, 6.45) is 1.38. The molecular formula is C11H23FN2. The minimum Gasteiger partial charge on any atom is -0.313 e. The lowest BCUT2D eigenvalue weighted by Gasteiger charge is -2.34. The van der Waals surface area contributed by atoms with Crippen molar-refractivity contribution in [3.63, 3.8) is 0 Å². The molecule has 0 spiro atoms. The van der Waals surface area contributed by atoms with Gasteiger partial charge in [0.1, 0.15) is 5.67 Å². The molecule has 0 aliphatic carbocycles. The summed E-state index contributed by atoms with van der Waals surface area (Å²) in [4.78, 5) is 2.34. The van der Waals surface area contributed by atoms with Crippen molar-refractivity contribution in [1.29, 1.82) is 0 Å². The SMILES string of the molecule is CC(C)NCCN1CCC(C)(F)CC1. The molecule has 3 heteroatoms. The Bertz CT molecular complexity index is 159. The monoisotopic (exact) mass is 202 g/mol. The number of alkyl halides is 1. The second-order valence-corrected chi connectivity index (χ2v) is 4.86. The zero-order valence-electron chi connectivity index (χ0n) is 9.65. The van der Waals surface area contributed by atoms with Gasteiger partial charge in [-0.05, 0) is 19.8 Å². The molecule has 0 amide bonds. The van der Waals surface area contributed by atoms with E-state index in [1.54, 1.807) is 6.92 Å². The third kappa shape index (κ3) is 4.38. The van der Waals surface area contributed by atoms with Crippen molar-refractivity contribution in [2.45, 2.75) is 45.3 Å². The molecule has 0 aromatic heterocycles. The van der Waals surface area contributed by atoms with Gasteiger partial charge >= 0.3 is 0 Å². The summed E-state index contributed by atoms with van der Waals surface area (Å²) in [5.41, 5.74) is -0.915. The molecule has 0 radical (unpaired) electrons. The van der Waals surface area contributed by atoms with Crippen molar-refractivity contribution in [3.05, 3.63) is 0 Å². The number of likely N-dealkylation sites (tertiary alicyclic amines) is 1. The van der Waals surface area contributed by atoms with Crippen molar-refractivity contribution in [2.75, 3.05) is 26.2 Å². The molecule has 0 saturated carbocycles. The van der Waals surface area contributed by atoms with Gasteiger partial charge < -0.3 is 10.2 Å². The van der Waals surface area contributed by atoms with Crippen LogP contribution in [0.1, 0.15) is 33.6 Å². The quantitative estimate of drug-likeness (QED) is 0.748. The van der Waals surface area contributed by atoms with Crippen LogP contribution in [0.25, 0.3) is 0 Å². The van der Waals surface area contributed by atoms with Crippen molar-refractivity contribution in [1.82, 2.24) is 10.2 Å². The number of hydrogen-bond acceptors (Lipinski definition) is 2. The van der Waals surface area contributed by atoms with E-state index in [1.807, 2.05) is 0 Å². The molecule has 14 heavy (non-hydrogen) atoms. The first-order chi connectivity index (χ1) is 6.49. The predicted octanol–water partition coefficient (Wildman–Crippen LogP) is 1.81. The summed E-state index contributed by atoms with van der Waals surface area (Å²) in [6, 6.07) is 0.547. The number of hydrogen-bond donors (Lipinski definition) is 1. The first kappa shape index (κ1) is 11.9. The first-order valence-corrected chi connectivity index (χ1v) is 5.64. The fourth-order valence-corrected chi connectivity index (χ4v) is 1.75. The Labute approximate surface area is 86.9 Å². The Hall–Kier alpha value is -0.150. The van der Waals surface area contributed by atoms with E-state index >= 15 is 0 Å². The van der Waals surface area contributed by atoms with Crippen LogP contribution in [0, 0.1) is 0 Å². The van der Waals surface area contributed by atoms with Crippen LogP contribution in [0.15, 0.2) is 0 Å². The Balaban J connectivity index is 2.10. The van der Waals surface area contributed by atoms with E-state index in [0.717, 1.165) is 26.2 Å². The van der Waals surface area contributed by atoms with Crippen molar-refractivity contribution >= 4 is 0 Å². The van der Waals surface area contributed by atoms with Gasteiger partial charge in [0, 0.05) is 32.2 Å². The van der Waals surface area contributed by atoms with Crippen molar-refractivity contribution in [2.24, 2.45) is 0 Å². The smallest absolute Gasteiger partial charge is 0.110 e. The standard InChI is InChI=1S/C11H23FN2/c1-10(2)13-6-9-14-7-4-11(3,12)5-8-14/h10,13H,4-9H2,1-3H3. The molecule has 1 aliphatic heterocycles. The molecule has 1 fully saturated rings. The lowest BCUT2D eigenvalue weighted by atomic mass is 9.96. The maximum atomic E-state index is 13.5. The van der Waals surface area contributed by atoms with Crippen LogP contribution in [-0.4, -0.2) is 42.8 Å². The number of piperidine rings is 1. The van der Waals surface area contributed by atoms with Gasteiger partial charge in [-0.1, -0.05) is 13.8 Å². The average molecular weight is 202 g/mol. The van der Waals surface area contributed by atoms with Crippen LogP contribution in [0.4, 0.5) is 4.39 Å². The topological polar surface area (TPSA) is 15.3 Å². The summed E-state index contributed by atoms with van der Waals surface area (Å²) in [7, 11) is 0. The van der Waals surface area contributed by atoms with Gasteiger partial charge in [-0.15, -0.1) is 0 Å². The normalized spacial score (nSPS) is 22.9. The maximum Gasteiger partial charge on any atom is 0.110 e. The minimum absolute atomic E-state index is 0.547. The van der Waals surface area contributed by atoms with Crippen LogP contribution in [-0.2, 0) is 0 Å². The summed E-state index contributed by atoms with van der Waals surface area (Å²) in [5, 5.41) is 3.38. The fourth-order valence-electron chi connectivity index (χ4n) is 1.75. The third-order valence-corrected chi connectivity index (χ3v) is 2.88. The lowest BCUT2D eigenvalue weighted by Crippen LogP contribution is -2.43. The van der Waals surface area contributed by atoms with E-state index in [-0.39, 0.29) is 0 Å². The highest BCUT2D eigenvalue weighted by Crippen LogP contribution is 2.24. The zero-order valence-corrected chi connectivity index (χ0v) is 9.65. The molecule has 1 rings (SSSR count).